The molecule has 6 heteroatoms. The minimum absolute atomic E-state index is 0.160. The van der Waals surface area contributed by atoms with Crippen LogP contribution >= 0.6 is 0 Å². The molecule has 1 aromatic rings. The Hall–Kier alpha value is -0.880. The third-order valence-corrected chi connectivity index (χ3v) is 5.77. The molecule has 0 atom stereocenters. The zero-order valence-corrected chi connectivity index (χ0v) is 11.1. The Bertz CT molecular complexity index is 463. The molecule has 0 saturated carbocycles. The third-order valence-electron chi connectivity index (χ3n) is 4.00. The minimum Gasteiger partial charge on any atom is -0.266 e. The molecule has 0 spiro atoms. The van der Waals surface area contributed by atoms with Crippen molar-refractivity contribution < 1.29 is 8.42 Å². The summed E-state index contributed by atoms with van der Waals surface area (Å²) in [6.45, 7) is 5.51. The highest BCUT2D eigenvalue weighted by atomic mass is 32.2. The highest BCUT2D eigenvalue weighted by Crippen LogP contribution is 2.38. The maximum atomic E-state index is 12.3. The van der Waals surface area contributed by atoms with Crippen LogP contribution in [0, 0.1) is 5.41 Å². The molecule has 1 fully saturated rings. The molecule has 96 valence electrons. The summed E-state index contributed by atoms with van der Waals surface area (Å²) in [5.74, 6) is 0. The van der Waals surface area contributed by atoms with Gasteiger partial charge in [-0.1, -0.05) is 13.8 Å². The summed E-state index contributed by atoms with van der Waals surface area (Å²) in [7, 11) is -3.37. The van der Waals surface area contributed by atoms with Crippen LogP contribution < -0.4 is 0 Å². The first-order chi connectivity index (χ1) is 8.04. The van der Waals surface area contributed by atoms with Gasteiger partial charge in [0.15, 0.2) is 5.03 Å². The Morgan fingerprint density at radius 3 is 2.65 bits per heavy atom. The van der Waals surface area contributed by atoms with Crippen LogP contribution in [-0.4, -0.2) is 36.0 Å². The van der Waals surface area contributed by atoms with E-state index in [1.54, 1.807) is 4.31 Å². The standard InChI is InChI=1S/C11H19N3O2S/c1-3-11(4-2)6-8-14(9-11)17(15,16)10-5-7-12-13-10/h5,7H,3-4,6,8-9H2,1-2H3,(H,12,13). The summed E-state index contributed by atoms with van der Waals surface area (Å²) in [5.41, 5.74) is 0.160. The van der Waals surface area contributed by atoms with E-state index in [4.69, 9.17) is 0 Å². The minimum atomic E-state index is -3.37. The first-order valence-electron chi connectivity index (χ1n) is 6.03. The zero-order chi connectivity index (χ0) is 12.5. The van der Waals surface area contributed by atoms with Crippen molar-refractivity contribution in [3.8, 4) is 0 Å². The van der Waals surface area contributed by atoms with Crippen molar-refractivity contribution in [1.82, 2.24) is 14.5 Å². The van der Waals surface area contributed by atoms with E-state index >= 15 is 0 Å². The Balaban J connectivity index is 2.22. The van der Waals surface area contributed by atoms with Crippen LogP contribution in [0.4, 0.5) is 0 Å². The van der Waals surface area contributed by atoms with E-state index in [9.17, 15) is 8.42 Å². The Kier molecular flexibility index (Phi) is 3.27. The first-order valence-corrected chi connectivity index (χ1v) is 7.47. The van der Waals surface area contributed by atoms with Crippen molar-refractivity contribution in [1.29, 1.82) is 0 Å². The summed E-state index contributed by atoms with van der Waals surface area (Å²) in [5, 5.41) is 6.44. The number of sulfonamides is 1. The second-order valence-corrected chi connectivity index (χ2v) is 6.62. The molecule has 1 N–H and O–H groups in total. The molecule has 0 radical (unpaired) electrons. The van der Waals surface area contributed by atoms with Gasteiger partial charge in [0.2, 0.25) is 0 Å². The normalized spacial score (nSPS) is 20.8. The maximum Gasteiger partial charge on any atom is 0.259 e. The number of hydrogen-bond acceptors (Lipinski definition) is 3. The van der Waals surface area contributed by atoms with Gasteiger partial charge >= 0.3 is 0 Å². The van der Waals surface area contributed by atoms with Crippen LogP contribution in [0.2, 0.25) is 0 Å². The molecule has 1 aliphatic rings. The fraction of sp³-hybridized carbons (Fsp3) is 0.727. The lowest BCUT2D eigenvalue weighted by Gasteiger charge is -2.25. The second kappa shape index (κ2) is 4.42. The lowest BCUT2D eigenvalue weighted by atomic mass is 9.82. The van der Waals surface area contributed by atoms with Crippen molar-refractivity contribution >= 4 is 10.0 Å². The molecule has 0 aromatic carbocycles. The quantitative estimate of drug-likeness (QED) is 0.891. The highest BCUT2D eigenvalue weighted by molar-refractivity contribution is 7.89. The molecule has 0 amide bonds. The number of nitrogens with one attached hydrogen (secondary N) is 1. The molecule has 0 unspecified atom stereocenters. The summed E-state index contributed by atoms with van der Waals surface area (Å²) < 4.78 is 26.1. The van der Waals surface area contributed by atoms with Crippen LogP contribution in [0.25, 0.3) is 0 Å². The second-order valence-electron chi connectivity index (χ2n) is 4.72. The third kappa shape index (κ3) is 2.11. The van der Waals surface area contributed by atoms with Crippen LogP contribution in [0.3, 0.4) is 0 Å². The van der Waals surface area contributed by atoms with E-state index in [2.05, 4.69) is 24.0 Å². The van der Waals surface area contributed by atoms with Crippen molar-refractivity contribution in [2.75, 3.05) is 13.1 Å². The first kappa shape index (κ1) is 12.6. The monoisotopic (exact) mass is 257 g/mol. The van der Waals surface area contributed by atoms with Crippen LogP contribution in [-0.2, 0) is 10.0 Å². The summed E-state index contributed by atoms with van der Waals surface area (Å²) in [6.07, 6.45) is 4.47. The van der Waals surface area contributed by atoms with Crippen molar-refractivity contribution in [2.45, 2.75) is 38.1 Å². The smallest absolute Gasteiger partial charge is 0.259 e. The van der Waals surface area contributed by atoms with Gasteiger partial charge in [0.25, 0.3) is 10.0 Å². The van der Waals surface area contributed by atoms with E-state index in [0.717, 1.165) is 19.3 Å². The SMILES string of the molecule is CCC1(CC)CCN(S(=O)(=O)c2ccn[nH]2)C1. The Labute approximate surface area is 102 Å². The van der Waals surface area contributed by atoms with Gasteiger partial charge in [0, 0.05) is 13.1 Å². The van der Waals surface area contributed by atoms with Crippen LogP contribution in [0.1, 0.15) is 33.1 Å². The predicted molar refractivity (Wildman–Crippen MR) is 65.0 cm³/mol. The van der Waals surface area contributed by atoms with Gasteiger partial charge in [-0.3, -0.25) is 5.10 Å². The van der Waals surface area contributed by atoms with Crippen molar-refractivity contribution in [3.63, 3.8) is 0 Å². The number of rotatable bonds is 4. The maximum absolute atomic E-state index is 12.3. The number of hydrogen-bond donors (Lipinski definition) is 1. The number of aromatic amines is 1. The van der Waals surface area contributed by atoms with Crippen molar-refractivity contribution in [3.05, 3.63) is 12.3 Å². The van der Waals surface area contributed by atoms with Gasteiger partial charge in [-0.25, -0.2) is 8.42 Å². The lowest BCUT2D eigenvalue weighted by molar-refractivity contribution is 0.279. The predicted octanol–water partition coefficient (Wildman–Crippen LogP) is 1.61. The molecule has 0 aliphatic carbocycles. The van der Waals surface area contributed by atoms with E-state index in [-0.39, 0.29) is 10.4 Å². The van der Waals surface area contributed by atoms with Crippen molar-refractivity contribution in [2.24, 2.45) is 5.41 Å². The molecule has 2 rings (SSSR count). The van der Waals surface area contributed by atoms with Gasteiger partial charge in [-0.2, -0.15) is 9.40 Å². The van der Waals surface area contributed by atoms with Gasteiger partial charge in [0.05, 0.1) is 6.20 Å². The molecular formula is C11H19N3O2S. The average Bonchev–Trinajstić information content (AvgIpc) is 2.99. The fourth-order valence-electron chi connectivity index (χ4n) is 2.45. The topological polar surface area (TPSA) is 66.1 Å². The molecule has 1 aromatic heterocycles. The zero-order valence-electron chi connectivity index (χ0n) is 10.3. The summed E-state index contributed by atoms with van der Waals surface area (Å²) in [6, 6.07) is 1.51. The van der Waals surface area contributed by atoms with E-state index in [1.165, 1.54) is 12.3 Å². The molecule has 1 saturated heterocycles. The number of nitrogens with zero attached hydrogens (tertiary/aromatic N) is 2. The summed E-state index contributed by atoms with van der Waals surface area (Å²) in [4.78, 5) is 0. The highest BCUT2D eigenvalue weighted by Gasteiger charge is 2.40. The molecule has 0 bridgehead atoms. The fourth-order valence-corrected chi connectivity index (χ4v) is 3.91. The van der Waals surface area contributed by atoms with Gasteiger partial charge in [-0.05, 0) is 30.7 Å². The largest absolute Gasteiger partial charge is 0.266 e. The molecular weight excluding hydrogens is 238 g/mol. The molecule has 1 aliphatic heterocycles. The molecule has 17 heavy (non-hydrogen) atoms. The summed E-state index contributed by atoms with van der Waals surface area (Å²) >= 11 is 0. The lowest BCUT2D eigenvalue weighted by Crippen LogP contribution is -2.32. The molecule has 5 nitrogen and oxygen atoms in total. The number of H-pyrrole nitrogens is 1. The van der Waals surface area contributed by atoms with Gasteiger partial charge < -0.3 is 0 Å². The van der Waals surface area contributed by atoms with E-state index < -0.39 is 10.0 Å². The number of aromatic nitrogens is 2. The van der Waals surface area contributed by atoms with Crippen LogP contribution in [0.5, 0.6) is 0 Å². The Morgan fingerprint density at radius 2 is 2.18 bits per heavy atom. The van der Waals surface area contributed by atoms with Crippen LogP contribution in [0.15, 0.2) is 17.3 Å². The van der Waals surface area contributed by atoms with Gasteiger partial charge in [0.1, 0.15) is 0 Å². The van der Waals surface area contributed by atoms with E-state index in [0.29, 0.717) is 13.1 Å². The van der Waals surface area contributed by atoms with Gasteiger partial charge in [-0.15, -0.1) is 0 Å². The average molecular weight is 257 g/mol. The molecule has 2 heterocycles. The van der Waals surface area contributed by atoms with E-state index in [1.807, 2.05) is 0 Å². The Morgan fingerprint density at radius 1 is 1.47 bits per heavy atom.